The molecule has 24 heavy (non-hydrogen) atoms. The van der Waals surface area contributed by atoms with Crippen molar-refractivity contribution >= 4 is 28.6 Å². The summed E-state index contributed by atoms with van der Waals surface area (Å²) in [5, 5.41) is 10.9. The van der Waals surface area contributed by atoms with Crippen molar-refractivity contribution in [2.75, 3.05) is 11.5 Å². The Morgan fingerprint density at radius 3 is 2.67 bits per heavy atom. The fourth-order valence-corrected chi connectivity index (χ4v) is 3.36. The molecule has 2 aromatic heterocycles. The van der Waals surface area contributed by atoms with E-state index in [2.05, 4.69) is 40.9 Å². The van der Waals surface area contributed by atoms with E-state index in [1.54, 1.807) is 12.4 Å². The Morgan fingerprint density at radius 1 is 1.17 bits per heavy atom. The third-order valence-electron chi connectivity index (χ3n) is 3.90. The van der Waals surface area contributed by atoms with E-state index in [4.69, 9.17) is 5.73 Å². The first-order chi connectivity index (χ1) is 11.4. The molecule has 6 nitrogen and oxygen atoms in total. The molecule has 2 heterocycles. The molecule has 0 aliphatic heterocycles. The number of aryl methyl sites for hydroxylation is 3. The van der Waals surface area contributed by atoms with Crippen LogP contribution in [0.2, 0.25) is 0 Å². The van der Waals surface area contributed by atoms with E-state index in [1.807, 2.05) is 11.5 Å². The van der Waals surface area contributed by atoms with E-state index in [9.17, 15) is 5.11 Å². The summed E-state index contributed by atoms with van der Waals surface area (Å²) in [4.78, 5) is 12.9. The number of nitrogens with two attached hydrogens (primary N) is 1. The van der Waals surface area contributed by atoms with E-state index in [1.165, 1.54) is 22.9 Å². The SMILES string of the molecule is Cc1cc(N)nc(SC[C@@H](O)Cn2cnc3cc(C)c(C)cc32)n1. The average Bonchev–Trinajstić information content (AvgIpc) is 2.87. The molecule has 0 aliphatic carbocycles. The van der Waals surface area contributed by atoms with Crippen LogP contribution in [0.25, 0.3) is 11.0 Å². The molecule has 3 N–H and O–H groups in total. The van der Waals surface area contributed by atoms with Gasteiger partial charge in [0.2, 0.25) is 0 Å². The molecule has 126 valence electrons. The third-order valence-corrected chi connectivity index (χ3v) is 4.89. The lowest BCUT2D eigenvalue weighted by Crippen LogP contribution is -2.18. The Kier molecular flexibility index (Phi) is 4.73. The van der Waals surface area contributed by atoms with Crippen LogP contribution in [-0.2, 0) is 6.54 Å². The highest BCUT2D eigenvalue weighted by Crippen LogP contribution is 2.20. The van der Waals surface area contributed by atoms with Crippen molar-refractivity contribution in [3.8, 4) is 0 Å². The summed E-state index contributed by atoms with van der Waals surface area (Å²) in [6.45, 7) is 6.51. The molecule has 0 radical (unpaired) electrons. The van der Waals surface area contributed by atoms with Crippen LogP contribution in [0.1, 0.15) is 16.8 Å². The minimum atomic E-state index is -0.528. The molecule has 1 atom stereocenters. The van der Waals surface area contributed by atoms with Gasteiger partial charge in [0.15, 0.2) is 5.16 Å². The Morgan fingerprint density at radius 2 is 1.92 bits per heavy atom. The maximum Gasteiger partial charge on any atom is 0.189 e. The predicted octanol–water partition coefficient (Wildman–Crippen LogP) is 2.49. The van der Waals surface area contributed by atoms with Gasteiger partial charge in [-0.05, 0) is 44.0 Å². The minimum Gasteiger partial charge on any atom is -0.390 e. The van der Waals surface area contributed by atoms with Gasteiger partial charge >= 0.3 is 0 Å². The minimum absolute atomic E-state index is 0.450. The number of anilines is 1. The largest absolute Gasteiger partial charge is 0.390 e. The summed E-state index contributed by atoms with van der Waals surface area (Å²) in [5.74, 6) is 0.943. The quantitative estimate of drug-likeness (QED) is 0.546. The van der Waals surface area contributed by atoms with Crippen molar-refractivity contribution in [2.45, 2.75) is 38.6 Å². The molecular formula is C17H21N5OS. The summed E-state index contributed by atoms with van der Waals surface area (Å²) >= 11 is 1.40. The number of nitrogen functional groups attached to an aromatic ring is 1. The first kappa shape index (κ1) is 16.7. The number of thioether (sulfide) groups is 1. The van der Waals surface area contributed by atoms with Crippen LogP contribution in [0.3, 0.4) is 0 Å². The van der Waals surface area contributed by atoms with Crippen LogP contribution in [0.5, 0.6) is 0 Å². The molecule has 0 saturated carbocycles. The monoisotopic (exact) mass is 343 g/mol. The van der Waals surface area contributed by atoms with Crippen molar-refractivity contribution in [2.24, 2.45) is 0 Å². The second kappa shape index (κ2) is 6.78. The van der Waals surface area contributed by atoms with Gasteiger partial charge in [0.25, 0.3) is 0 Å². The van der Waals surface area contributed by atoms with Crippen LogP contribution in [0.4, 0.5) is 5.82 Å². The highest BCUT2D eigenvalue weighted by atomic mass is 32.2. The zero-order valence-corrected chi connectivity index (χ0v) is 14.8. The molecule has 0 amide bonds. The van der Waals surface area contributed by atoms with Crippen LogP contribution < -0.4 is 5.73 Å². The zero-order valence-electron chi connectivity index (χ0n) is 14.0. The molecule has 0 unspecified atom stereocenters. The molecule has 0 saturated heterocycles. The predicted molar refractivity (Wildman–Crippen MR) is 97.1 cm³/mol. The summed E-state index contributed by atoms with van der Waals surface area (Å²) in [6.07, 6.45) is 1.25. The number of benzene rings is 1. The molecule has 0 aliphatic rings. The van der Waals surface area contributed by atoms with Crippen molar-refractivity contribution in [1.29, 1.82) is 0 Å². The van der Waals surface area contributed by atoms with E-state index in [-0.39, 0.29) is 0 Å². The highest BCUT2D eigenvalue weighted by molar-refractivity contribution is 7.99. The van der Waals surface area contributed by atoms with Gasteiger partial charge in [0, 0.05) is 17.5 Å². The van der Waals surface area contributed by atoms with Gasteiger partial charge in [0.05, 0.1) is 30.0 Å². The van der Waals surface area contributed by atoms with Crippen LogP contribution in [-0.4, -0.2) is 36.5 Å². The maximum atomic E-state index is 10.3. The normalized spacial score (nSPS) is 12.7. The Hall–Kier alpha value is -2.12. The Balaban J connectivity index is 1.68. The number of fused-ring (bicyclic) bond motifs is 1. The fourth-order valence-electron chi connectivity index (χ4n) is 2.54. The summed E-state index contributed by atoms with van der Waals surface area (Å²) in [7, 11) is 0. The first-order valence-corrected chi connectivity index (χ1v) is 8.75. The number of hydrogen-bond acceptors (Lipinski definition) is 6. The topological polar surface area (TPSA) is 89.8 Å². The smallest absolute Gasteiger partial charge is 0.189 e. The second-order valence-electron chi connectivity index (χ2n) is 6.00. The lowest BCUT2D eigenvalue weighted by atomic mass is 10.1. The number of hydrogen-bond donors (Lipinski definition) is 2. The lowest BCUT2D eigenvalue weighted by Gasteiger charge is -2.12. The van der Waals surface area contributed by atoms with Crippen molar-refractivity contribution in [3.05, 3.63) is 41.3 Å². The van der Waals surface area contributed by atoms with Crippen molar-refractivity contribution in [3.63, 3.8) is 0 Å². The van der Waals surface area contributed by atoms with E-state index < -0.39 is 6.10 Å². The van der Waals surface area contributed by atoms with Gasteiger partial charge in [-0.25, -0.2) is 15.0 Å². The Labute approximate surface area is 145 Å². The molecule has 0 fully saturated rings. The van der Waals surface area contributed by atoms with Gasteiger partial charge in [-0.3, -0.25) is 0 Å². The fraction of sp³-hybridized carbons (Fsp3) is 0.353. The van der Waals surface area contributed by atoms with Crippen LogP contribution in [0.15, 0.2) is 29.7 Å². The molecule has 1 aromatic carbocycles. The van der Waals surface area contributed by atoms with E-state index >= 15 is 0 Å². The summed E-state index contributed by atoms with van der Waals surface area (Å²) < 4.78 is 1.98. The second-order valence-corrected chi connectivity index (χ2v) is 6.99. The summed E-state index contributed by atoms with van der Waals surface area (Å²) in [5.41, 5.74) is 11.0. The van der Waals surface area contributed by atoms with Crippen LogP contribution >= 0.6 is 11.8 Å². The van der Waals surface area contributed by atoms with Gasteiger partial charge in [-0.2, -0.15) is 0 Å². The highest BCUT2D eigenvalue weighted by Gasteiger charge is 2.11. The molecule has 0 spiro atoms. The van der Waals surface area contributed by atoms with Gasteiger partial charge in [-0.1, -0.05) is 11.8 Å². The number of imidazole rings is 1. The van der Waals surface area contributed by atoms with Gasteiger partial charge in [0.1, 0.15) is 5.82 Å². The third kappa shape index (κ3) is 3.68. The number of nitrogens with zero attached hydrogens (tertiary/aromatic N) is 4. The van der Waals surface area contributed by atoms with Crippen molar-refractivity contribution in [1.82, 2.24) is 19.5 Å². The molecule has 0 bridgehead atoms. The van der Waals surface area contributed by atoms with Crippen LogP contribution in [0, 0.1) is 20.8 Å². The number of aromatic nitrogens is 4. The molecule has 3 aromatic rings. The maximum absolute atomic E-state index is 10.3. The molecule has 3 rings (SSSR count). The first-order valence-electron chi connectivity index (χ1n) is 7.76. The number of aliphatic hydroxyl groups excluding tert-OH is 1. The van der Waals surface area contributed by atoms with E-state index in [0.29, 0.717) is 23.3 Å². The number of rotatable bonds is 5. The number of aliphatic hydroxyl groups is 1. The van der Waals surface area contributed by atoms with Gasteiger partial charge in [-0.15, -0.1) is 0 Å². The zero-order chi connectivity index (χ0) is 17.3. The Bertz CT molecular complexity index is 857. The standard InChI is InChI=1S/C17H21N5OS/c1-10-4-14-15(5-11(10)2)22(9-19-14)7-13(23)8-24-17-20-12(3)6-16(18)21-17/h4-6,9,13,23H,7-8H2,1-3H3,(H2,18,20,21)/t13-/m0/s1. The van der Waals surface area contributed by atoms with E-state index in [0.717, 1.165) is 16.7 Å². The summed E-state index contributed by atoms with van der Waals surface area (Å²) in [6, 6.07) is 5.91. The van der Waals surface area contributed by atoms with Gasteiger partial charge < -0.3 is 15.4 Å². The molecule has 7 heteroatoms. The van der Waals surface area contributed by atoms with Crippen molar-refractivity contribution < 1.29 is 5.11 Å². The molecular weight excluding hydrogens is 322 g/mol. The lowest BCUT2D eigenvalue weighted by molar-refractivity contribution is 0.179. The average molecular weight is 343 g/mol.